The summed E-state index contributed by atoms with van der Waals surface area (Å²) in [6.45, 7) is 0. The third-order valence-electron chi connectivity index (χ3n) is 3.93. The monoisotopic (exact) mass is 419 g/mol. The predicted molar refractivity (Wildman–Crippen MR) is 121 cm³/mol. The van der Waals surface area contributed by atoms with E-state index in [1.807, 2.05) is 72.8 Å². The second kappa shape index (κ2) is 10.4. The minimum absolute atomic E-state index is 0.0247. The zero-order valence-corrected chi connectivity index (χ0v) is 17.0. The molecule has 144 valence electrons. The van der Waals surface area contributed by atoms with Crippen LogP contribution in [0.3, 0.4) is 0 Å². The largest absolute Gasteiger partial charge is 0.349 e. The van der Waals surface area contributed by atoms with Crippen LogP contribution in [0.15, 0.2) is 95.5 Å². The van der Waals surface area contributed by atoms with Gasteiger partial charge in [0.05, 0.1) is 5.03 Å². The van der Waals surface area contributed by atoms with Gasteiger partial charge in [-0.25, -0.2) is 0 Å². The fourth-order valence-corrected chi connectivity index (χ4v) is 3.58. The lowest BCUT2D eigenvalue weighted by molar-refractivity contribution is -0.112. The molecule has 0 aliphatic rings. The number of halogens is 1. The number of hydrogen-bond acceptors (Lipinski definition) is 4. The van der Waals surface area contributed by atoms with Crippen LogP contribution in [0.2, 0.25) is 5.02 Å². The van der Waals surface area contributed by atoms with Crippen molar-refractivity contribution in [3.8, 4) is 6.07 Å². The first-order valence-corrected chi connectivity index (χ1v) is 10.2. The average molecular weight is 420 g/mol. The minimum Gasteiger partial charge on any atom is -0.349 e. The van der Waals surface area contributed by atoms with Gasteiger partial charge in [0.15, 0.2) is 0 Å². The number of hydrogen-bond donors (Lipinski definition) is 2. The number of carbonyl (C=O) groups excluding carboxylic acids is 1. The maximum absolute atomic E-state index is 12.8. The van der Waals surface area contributed by atoms with Gasteiger partial charge in [0.2, 0.25) is 0 Å². The van der Waals surface area contributed by atoms with Crippen molar-refractivity contribution in [2.24, 2.45) is 0 Å². The topological polar surface area (TPSA) is 64.9 Å². The van der Waals surface area contributed by atoms with Gasteiger partial charge in [-0.1, -0.05) is 60.1 Å². The van der Waals surface area contributed by atoms with Gasteiger partial charge in [0, 0.05) is 22.2 Å². The molecular weight excluding hydrogens is 402 g/mol. The van der Waals surface area contributed by atoms with Gasteiger partial charge >= 0.3 is 0 Å². The van der Waals surface area contributed by atoms with Crippen molar-refractivity contribution in [1.82, 2.24) is 0 Å². The van der Waals surface area contributed by atoms with E-state index in [1.165, 1.54) is 11.8 Å². The summed E-state index contributed by atoms with van der Waals surface area (Å²) >= 11 is 7.34. The van der Waals surface area contributed by atoms with E-state index in [2.05, 4.69) is 16.7 Å². The van der Waals surface area contributed by atoms with Crippen LogP contribution in [0, 0.1) is 11.3 Å². The number of para-hydroxylation sites is 2. The third-order valence-corrected chi connectivity index (χ3v) is 5.25. The minimum atomic E-state index is -0.458. The summed E-state index contributed by atoms with van der Waals surface area (Å²) in [6.07, 6.45) is 0. The van der Waals surface area contributed by atoms with Gasteiger partial charge in [-0.15, -0.1) is 11.8 Å². The number of amides is 1. The first-order chi connectivity index (χ1) is 14.2. The number of nitrogens with one attached hydrogen (secondary N) is 2. The molecule has 4 nitrogen and oxygen atoms in total. The molecule has 1 amide bonds. The van der Waals surface area contributed by atoms with Crippen LogP contribution >= 0.6 is 23.4 Å². The summed E-state index contributed by atoms with van der Waals surface area (Å²) in [5, 5.41) is 16.9. The van der Waals surface area contributed by atoms with Crippen LogP contribution in [-0.4, -0.2) is 5.91 Å². The quantitative estimate of drug-likeness (QED) is 0.361. The van der Waals surface area contributed by atoms with Crippen molar-refractivity contribution in [2.75, 3.05) is 10.6 Å². The highest BCUT2D eigenvalue weighted by molar-refractivity contribution is 8.02. The smallest absolute Gasteiger partial charge is 0.269 e. The Morgan fingerprint density at radius 3 is 1.97 bits per heavy atom. The first kappa shape index (κ1) is 20.5. The molecular formula is C23H18ClN3OS. The highest BCUT2D eigenvalue weighted by Crippen LogP contribution is 2.27. The number of carbonyl (C=O) groups is 1. The Hall–Kier alpha value is -3.20. The molecule has 3 aromatic rings. The van der Waals surface area contributed by atoms with E-state index in [0.717, 1.165) is 11.3 Å². The Labute approximate surface area is 179 Å². The molecule has 0 heterocycles. The molecule has 0 aromatic heterocycles. The molecule has 0 aliphatic carbocycles. The Morgan fingerprint density at radius 2 is 1.41 bits per heavy atom. The van der Waals surface area contributed by atoms with Crippen molar-refractivity contribution >= 4 is 40.6 Å². The van der Waals surface area contributed by atoms with Gasteiger partial charge in [0.25, 0.3) is 5.91 Å². The van der Waals surface area contributed by atoms with Crippen LogP contribution in [0.25, 0.3) is 0 Å². The Balaban J connectivity index is 1.86. The lowest BCUT2D eigenvalue weighted by Gasteiger charge is -2.14. The Morgan fingerprint density at radius 1 is 0.862 bits per heavy atom. The highest BCUT2D eigenvalue weighted by atomic mass is 35.5. The lowest BCUT2D eigenvalue weighted by atomic mass is 10.2. The van der Waals surface area contributed by atoms with Crippen molar-refractivity contribution in [3.05, 3.63) is 106 Å². The van der Waals surface area contributed by atoms with Gasteiger partial charge in [-0.3, -0.25) is 4.79 Å². The average Bonchev–Trinajstić information content (AvgIpc) is 2.75. The van der Waals surface area contributed by atoms with E-state index in [9.17, 15) is 10.1 Å². The van der Waals surface area contributed by atoms with Crippen LogP contribution in [0.5, 0.6) is 0 Å². The molecule has 6 heteroatoms. The molecule has 2 N–H and O–H groups in total. The molecule has 0 saturated carbocycles. The number of nitriles is 1. The van der Waals surface area contributed by atoms with Gasteiger partial charge in [-0.2, -0.15) is 5.26 Å². The lowest BCUT2D eigenvalue weighted by Crippen LogP contribution is -2.17. The summed E-state index contributed by atoms with van der Waals surface area (Å²) in [7, 11) is 0. The molecule has 29 heavy (non-hydrogen) atoms. The third kappa shape index (κ3) is 6.15. The summed E-state index contributed by atoms with van der Waals surface area (Å²) < 4.78 is 0. The zero-order chi connectivity index (χ0) is 20.5. The number of benzene rings is 3. The van der Waals surface area contributed by atoms with Crippen LogP contribution in [-0.2, 0) is 10.5 Å². The number of thioether (sulfide) groups is 1. The normalized spacial score (nSPS) is 11.2. The molecule has 0 unspecified atom stereocenters. The van der Waals surface area contributed by atoms with Crippen LogP contribution in [0.1, 0.15) is 5.56 Å². The second-order valence-electron chi connectivity index (χ2n) is 6.04. The van der Waals surface area contributed by atoms with Gasteiger partial charge in [-0.05, 0) is 42.0 Å². The zero-order valence-electron chi connectivity index (χ0n) is 15.4. The molecule has 0 aliphatic heterocycles. The number of nitrogens with zero attached hydrogens (tertiary/aromatic N) is 1. The summed E-state index contributed by atoms with van der Waals surface area (Å²) in [5.41, 5.74) is 2.49. The van der Waals surface area contributed by atoms with E-state index < -0.39 is 5.91 Å². The Kier molecular flexibility index (Phi) is 7.34. The fraction of sp³-hybridized carbons (Fsp3) is 0.0435. The molecule has 0 spiro atoms. The molecule has 0 saturated heterocycles. The molecule has 3 aromatic carbocycles. The van der Waals surface area contributed by atoms with Crippen molar-refractivity contribution in [1.29, 1.82) is 5.26 Å². The molecule has 0 fully saturated rings. The van der Waals surface area contributed by atoms with Crippen LogP contribution < -0.4 is 10.6 Å². The van der Waals surface area contributed by atoms with Crippen LogP contribution in [0.4, 0.5) is 11.4 Å². The van der Waals surface area contributed by atoms with E-state index >= 15 is 0 Å². The van der Waals surface area contributed by atoms with Crippen molar-refractivity contribution < 1.29 is 4.79 Å². The SMILES string of the molecule is N#C/C(C(=O)Nc1ccccc1)=C(/Nc1ccccc1)SCc1ccc(Cl)cc1. The van der Waals surface area contributed by atoms with E-state index in [-0.39, 0.29) is 5.57 Å². The predicted octanol–water partition coefficient (Wildman–Crippen LogP) is 6.06. The van der Waals surface area contributed by atoms with E-state index in [4.69, 9.17) is 11.6 Å². The molecule has 0 bridgehead atoms. The second-order valence-corrected chi connectivity index (χ2v) is 7.46. The standard InChI is InChI=1S/C23H18ClN3OS/c24-18-13-11-17(12-14-18)16-29-23(27-20-9-5-2-6-10-20)21(15-25)22(28)26-19-7-3-1-4-8-19/h1-14,27H,16H2,(H,26,28)/b23-21+. The molecule has 0 radical (unpaired) electrons. The Bertz CT molecular complexity index is 1030. The fourth-order valence-electron chi connectivity index (χ4n) is 2.48. The maximum Gasteiger partial charge on any atom is 0.269 e. The van der Waals surface area contributed by atoms with E-state index in [1.54, 1.807) is 12.1 Å². The van der Waals surface area contributed by atoms with Gasteiger partial charge < -0.3 is 10.6 Å². The summed E-state index contributed by atoms with van der Waals surface area (Å²) in [5.74, 6) is 0.122. The van der Waals surface area contributed by atoms with Crippen molar-refractivity contribution in [2.45, 2.75) is 5.75 Å². The number of rotatable bonds is 7. The molecule has 3 rings (SSSR count). The molecule has 0 atom stereocenters. The highest BCUT2D eigenvalue weighted by Gasteiger charge is 2.17. The first-order valence-electron chi connectivity index (χ1n) is 8.86. The summed E-state index contributed by atoms with van der Waals surface area (Å²) in [4.78, 5) is 12.8. The van der Waals surface area contributed by atoms with Gasteiger partial charge in [0.1, 0.15) is 11.6 Å². The van der Waals surface area contributed by atoms with E-state index in [0.29, 0.717) is 21.5 Å². The maximum atomic E-state index is 12.8. The number of anilines is 2. The van der Waals surface area contributed by atoms with Crippen molar-refractivity contribution in [3.63, 3.8) is 0 Å². The summed E-state index contributed by atoms with van der Waals surface area (Å²) in [6, 6.07) is 28.0.